The van der Waals surface area contributed by atoms with Crippen molar-refractivity contribution in [1.29, 1.82) is 0 Å². The van der Waals surface area contributed by atoms with Crippen molar-refractivity contribution in [3.63, 3.8) is 0 Å². The molecule has 1 aromatic carbocycles. The van der Waals surface area contributed by atoms with E-state index in [9.17, 15) is 29.8 Å². The predicted molar refractivity (Wildman–Crippen MR) is 93.5 cm³/mol. The molecule has 27 heavy (non-hydrogen) atoms. The molecule has 9 heteroatoms. The van der Waals surface area contributed by atoms with E-state index in [2.05, 4.69) is 4.98 Å². The zero-order chi connectivity index (χ0) is 19.6. The minimum atomic E-state index is -1.58. The molecular formula is C18H15N3O6. The van der Waals surface area contributed by atoms with E-state index in [1.54, 1.807) is 18.2 Å². The van der Waals surface area contributed by atoms with Crippen LogP contribution in [-0.4, -0.2) is 26.4 Å². The maximum Gasteiger partial charge on any atom is 0.277 e. The molecule has 0 bridgehead atoms. The fourth-order valence-electron chi connectivity index (χ4n) is 3.45. The van der Waals surface area contributed by atoms with Gasteiger partial charge < -0.3 is 0 Å². The van der Waals surface area contributed by atoms with Gasteiger partial charge in [-0.25, -0.2) is 0 Å². The summed E-state index contributed by atoms with van der Waals surface area (Å²) in [6.07, 6.45) is 3.08. The van der Waals surface area contributed by atoms with E-state index >= 15 is 0 Å². The summed E-state index contributed by atoms with van der Waals surface area (Å²) in [6, 6.07) is 7.59. The second kappa shape index (κ2) is 7.02. The number of nitro benzene ring substituents is 2. The van der Waals surface area contributed by atoms with E-state index < -0.39 is 32.4 Å². The molecule has 0 radical (unpaired) electrons. The zero-order valence-electron chi connectivity index (χ0n) is 14.2. The minimum absolute atomic E-state index is 0.180. The number of carbonyl (C=O) groups excluding carboxylic acids is 2. The Morgan fingerprint density at radius 1 is 1.04 bits per heavy atom. The average molecular weight is 369 g/mol. The Bertz CT molecular complexity index is 911. The number of hydrogen-bond donors (Lipinski definition) is 0. The quantitative estimate of drug-likeness (QED) is 0.342. The van der Waals surface area contributed by atoms with Gasteiger partial charge in [0.15, 0.2) is 11.6 Å². The normalized spacial score (nSPS) is 19.5. The van der Waals surface area contributed by atoms with Gasteiger partial charge in [0.25, 0.3) is 11.4 Å². The molecule has 0 N–H and O–H groups in total. The monoisotopic (exact) mass is 369 g/mol. The van der Waals surface area contributed by atoms with Gasteiger partial charge in [-0.05, 0) is 25.0 Å². The molecule has 0 saturated heterocycles. The molecule has 1 saturated carbocycles. The summed E-state index contributed by atoms with van der Waals surface area (Å²) < 4.78 is 0. The lowest BCUT2D eigenvalue weighted by Gasteiger charge is -2.33. The number of rotatable bonds is 5. The van der Waals surface area contributed by atoms with Gasteiger partial charge in [-0.2, -0.15) is 0 Å². The summed E-state index contributed by atoms with van der Waals surface area (Å²) >= 11 is 0. The molecule has 1 heterocycles. The highest BCUT2D eigenvalue weighted by Crippen LogP contribution is 2.39. The first kappa shape index (κ1) is 18.3. The van der Waals surface area contributed by atoms with Gasteiger partial charge in [0, 0.05) is 30.3 Å². The number of pyridine rings is 1. The fraction of sp³-hybridized carbons (Fsp3) is 0.278. The molecule has 0 spiro atoms. The van der Waals surface area contributed by atoms with Gasteiger partial charge in [0.2, 0.25) is 0 Å². The Morgan fingerprint density at radius 3 is 2.22 bits per heavy atom. The maximum atomic E-state index is 13.4. The van der Waals surface area contributed by atoms with Crippen molar-refractivity contribution >= 4 is 22.9 Å². The lowest BCUT2D eigenvalue weighted by atomic mass is 9.66. The van der Waals surface area contributed by atoms with E-state index in [1.807, 2.05) is 0 Å². The smallest absolute Gasteiger partial charge is 0.277 e. The van der Waals surface area contributed by atoms with E-state index in [0.29, 0.717) is 12.8 Å². The molecule has 0 unspecified atom stereocenters. The van der Waals surface area contributed by atoms with Crippen LogP contribution in [0.3, 0.4) is 0 Å². The molecule has 0 aliphatic heterocycles. The number of benzene rings is 1. The van der Waals surface area contributed by atoms with Crippen LogP contribution in [-0.2, 0) is 10.2 Å². The summed E-state index contributed by atoms with van der Waals surface area (Å²) in [5.41, 5.74) is -2.72. The van der Waals surface area contributed by atoms with Crippen LogP contribution in [0.5, 0.6) is 0 Å². The summed E-state index contributed by atoms with van der Waals surface area (Å²) in [6.45, 7) is 0. The van der Waals surface area contributed by atoms with Gasteiger partial charge in [-0.1, -0.05) is 12.5 Å². The predicted octanol–water partition coefficient (Wildman–Crippen LogP) is 3.16. The summed E-state index contributed by atoms with van der Waals surface area (Å²) in [5.74, 6) is -1.02. The standard InChI is InChI=1S/C18H15N3O6/c22-16-6-1-3-7-18(16,15-5-2-4-8-19-15)17(23)12-9-13(20(24)25)11-14(10-12)21(26)27/h2,4-5,8-11H,1,3,6-7H2/t18-/m1/s1. The highest BCUT2D eigenvalue weighted by atomic mass is 16.6. The number of aromatic nitrogens is 1. The van der Waals surface area contributed by atoms with Crippen molar-refractivity contribution in [3.8, 4) is 0 Å². The summed E-state index contributed by atoms with van der Waals surface area (Å²) in [7, 11) is 0. The Labute approximate surface area is 153 Å². The van der Waals surface area contributed by atoms with Gasteiger partial charge in [-0.3, -0.25) is 34.8 Å². The highest BCUT2D eigenvalue weighted by molar-refractivity contribution is 6.19. The van der Waals surface area contributed by atoms with Crippen molar-refractivity contribution in [1.82, 2.24) is 4.98 Å². The SMILES string of the molecule is O=C1CCCC[C@@]1(C(=O)c1cc([N+](=O)[O-])cc([N+](=O)[O-])c1)c1ccccn1. The molecule has 9 nitrogen and oxygen atoms in total. The third kappa shape index (κ3) is 3.19. The van der Waals surface area contributed by atoms with Gasteiger partial charge in [0.05, 0.1) is 21.6 Å². The Balaban J connectivity index is 2.20. The van der Waals surface area contributed by atoms with Gasteiger partial charge >= 0.3 is 0 Å². The van der Waals surface area contributed by atoms with Crippen molar-refractivity contribution in [2.75, 3.05) is 0 Å². The van der Waals surface area contributed by atoms with Crippen molar-refractivity contribution in [2.45, 2.75) is 31.1 Å². The molecule has 1 atom stereocenters. The van der Waals surface area contributed by atoms with Crippen LogP contribution < -0.4 is 0 Å². The van der Waals surface area contributed by atoms with Gasteiger partial charge in [0.1, 0.15) is 5.41 Å². The Kier molecular flexibility index (Phi) is 4.76. The third-order valence-corrected chi connectivity index (χ3v) is 4.76. The lowest BCUT2D eigenvalue weighted by Crippen LogP contribution is -2.46. The first-order valence-electron chi connectivity index (χ1n) is 8.30. The number of nitro groups is 2. The molecule has 1 aliphatic rings. The second-order valence-electron chi connectivity index (χ2n) is 6.33. The minimum Gasteiger partial charge on any atom is -0.298 e. The molecule has 1 aliphatic carbocycles. The molecule has 0 amide bonds. The third-order valence-electron chi connectivity index (χ3n) is 4.76. The molecule has 138 valence electrons. The number of non-ortho nitro benzene ring substituents is 2. The summed E-state index contributed by atoms with van der Waals surface area (Å²) in [4.78, 5) is 51.0. The Morgan fingerprint density at radius 2 is 1.70 bits per heavy atom. The van der Waals surface area contributed by atoms with E-state index in [1.165, 1.54) is 6.20 Å². The highest BCUT2D eigenvalue weighted by Gasteiger charge is 2.49. The van der Waals surface area contributed by atoms with Crippen LogP contribution in [0.15, 0.2) is 42.6 Å². The Hall–Kier alpha value is -3.49. The van der Waals surface area contributed by atoms with E-state index in [4.69, 9.17) is 0 Å². The van der Waals surface area contributed by atoms with Crippen molar-refractivity contribution < 1.29 is 19.4 Å². The van der Waals surface area contributed by atoms with Crippen LogP contribution in [0.25, 0.3) is 0 Å². The van der Waals surface area contributed by atoms with Crippen LogP contribution in [0.1, 0.15) is 41.7 Å². The summed E-state index contributed by atoms with van der Waals surface area (Å²) in [5, 5.41) is 22.3. The van der Waals surface area contributed by atoms with Crippen molar-refractivity contribution in [3.05, 3.63) is 74.1 Å². The first-order chi connectivity index (χ1) is 12.9. The average Bonchev–Trinajstić information content (AvgIpc) is 2.68. The number of carbonyl (C=O) groups is 2. The number of Topliss-reactive ketones (excluding diaryl/α,β-unsaturated/α-hetero) is 2. The topological polar surface area (TPSA) is 133 Å². The molecule has 3 rings (SSSR count). The largest absolute Gasteiger partial charge is 0.298 e. The zero-order valence-corrected chi connectivity index (χ0v) is 14.2. The van der Waals surface area contributed by atoms with E-state index in [-0.39, 0.29) is 29.9 Å². The molecule has 2 aromatic rings. The number of ketones is 2. The molecule has 1 aromatic heterocycles. The van der Waals surface area contributed by atoms with Crippen molar-refractivity contribution in [2.24, 2.45) is 0 Å². The van der Waals surface area contributed by atoms with Crippen LogP contribution in [0.2, 0.25) is 0 Å². The number of nitrogens with zero attached hydrogens (tertiary/aromatic N) is 3. The molecular weight excluding hydrogens is 354 g/mol. The first-order valence-corrected chi connectivity index (χ1v) is 8.30. The van der Waals surface area contributed by atoms with Crippen LogP contribution in [0.4, 0.5) is 11.4 Å². The lowest BCUT2D eigenvalue weighted by molar-refractivity contribution is -0.394. The number of hydrogen-bond acceptors (Lipinski definition) is 7. The van der Waals surface area contributed by atoms with E-state index in [0.717, 1.165) is 18.2 Å². The fourth-order valence-corrected chi connectivity index (χ4v) is 3.45. The van der Waals surface area contributed by atoms with Crippen LogP contribution in [0, 0.1) is 20.2 Å². The second-order valence-corrected chi connectivity index (χ2v) is 6.33. The molecule has 1 fully saturated rings. The maximum absolute atomic E-state index is 13.4. The van der Waals surface area contributed by atoms with Gasteiger partial charge in [-0.15, -0.1) is 0 Å². The van der Waals surface area contributed by atoms with Crippen LogP contribution >= 0.6 is 0 Å².